The molecule has 2 N–H and O–H groups in total. The Morgan fingerprint density at radius 1 is 1.19 bits per heavy atom. The summed E-state index contributed by atoms with van der Waals surface area (Å²) in [7, 11) is 1.59. The van der Waals surface area contributed by atoms with Crippen molar-refractivity contribution in [2.24, 2.45) is 0 Å². The Bertz CT molecular complexity index is 503. The summed E-state index contributed by atoms with van der Waals surface area (Å²) >= 11 is 0. The molecular formula is C19H31NO6. The predicted octanol–water partition coefficient (Wildman–Crippen LogP) is 2.64. The lowest BCUT2D eigenvalue weighted by atomic mass is 9.99. The van der Waals surface area contributed by atoms with Crippen molar-refractivity contribution in [2.45, 2.75) is 44.9 Å². The van der Waals surface area contributed by atoms with Crippen molar-refractivity contribution in [3.05, 3.63) is 35.9 Å². The molecule has 0 saturated carbocycles. The van der Waals surface area contributed by atoms with Gasteiger partial charge in [0.1, 0.15) is 12.4 Å². The topological polar surface area (TPSA) is 86.3 Å². The molecule has 26 heavy (non-hydrogen) atoms. The van der Waals surface area contributed by atoms with E-state index in [1.165, 1.54) is 0 Å². The zero-order chi connectivity index (χ0) is 19.4. The molecule has 7 nitrogen and oxygen atoms in total. The number of alkyl carbamates (subject to hydrolysis) is 1. The summed E-state index contributed by atoms with van der Waals surface area (Å²) in [5.41, 5.74) is 0.246. The average Bonchev–Trinajstić information content (AvgIpc) is 2.58. The number of carbonyl (C=O) groups is 1. The number of ether oxygens (including phenoxy) is 4. The van der Waals surface area contributed by atoms with Crippen molar-refractivity contribution in [3.8, 4) is 0 Å². The molecule has 148 valence electrons. The maximum Gasteiger partial charge on any atom is 0.408 e. The number of methoxy groups -OCH3 is 1. The molecule has 0 radical (unpaired) electrons. The summed E-state index contributed by atoms with van der Waals surface area (Å²) in [5.74, 6) is 0. The molecule has 0 spiro atoms. The molecular weight excluding hydrogens is 338 g/mol. The van der Waals surface area contributed by atoms with Crippen LogP contribution in [0.3, 0.4) is 0 Å². The Kier molecular flexibility index (Phi) is 10.2. The Morgan fingerprint density at radius 2 is 1.88 bits per heavy atom. The van der Waals surface area contributed by atoms with E-state index >= 15 is 0 Å². The molecule has 0 saturated heterocycles. The molecule has 0 unspecified atom stereocenters. The first-order valence-electron chi connectivity index (χ1n) is 8.71. The minimum atomic E-state index is -0.609. The third-order valence-corrected chi connectivity index (χ3v) is 3.41. The van der Waals surface area contributed by atoms with Crippen LogP contribution in [0.25, 0.3) is 0 Å². The van der Waals surface area contributed by atoms with Gasteiger partial charge in [0.15, 0.2) is 0 Å². The zero-order valence-corrected chi connectivity index (χ0v) is 16.1. The van der Waals surface area contributed by atoms with Crippen molar-refractivity contribution >= 4 is 6.09 Å². The van der Waals surface area contributed by atoms with Crippen molar-refractivity contribution in [1.29, 1.82) is 0 Å². The SMILES string of the molecule is COCCOCO[C@H](CCO)[C@H](NC(=O)OC(C)(C)C)c1ccccc1. The lowest BCUT2D eigenvalue weighted by molar-refractivity contribution is -0.111. The third-order valence-electron chi connectivity index (χ3n) is 3.41. The van der Waals surface area contributed by atoms with E-state index in [4.69, 9.17) is 18.9 Å². The van der Waals surface area contributed by atoms with Crippen LogP contribution in [0.4, 0.5) is 4.79 Å². The fraction of sp³-hybridized carbons (Fsp3) is 0.632. The normalized spacial score (nSPS) is 13.9. The van der Waals surface area contributed by atoms with Crippen LogP contribution in [0.2, 0.25) is 0 Å². The minimum absolute atomic E-state index is 0.0351. The molecule has 0 fully saturated rings. The Morgan fingerprint density at radius 3 is 2.46 bits per heavy atom. The van der Waals surface area contributed by atoms with Gasteiger partial charge in [0.2, 0.25) is 0 Å². The van der Waals surface area contributed by atoms with Crippen LogP contribution in [-0.4, -0.2) is 56.6 Å². The van der Waals surface area contributed by atoms with Crippen LogP contribution < -0.4 is 5.32 Å². The standard InChI is InChI=1S/C19H31NO6/c1-19(2,3)26-18(22)20-17(15-8-6-5-7-9-15)16(10-11-21)25-14-24-13-12-23-4/h5-9,16-17,21H,10-14H2,1-4H3,(H,20,22)/t16-,17-/m1/s1. The fourth-order valence-corrected chi connectivity index (χ4v) is 2.30. The van der Waals surface area contributed by atoms with E-state index in [1.807, 2.05) is 30.3 Å². The smallest absolute Gasteiger partial charge is 0.408 e. The van der Waals surface area contributed by atoms with Crippen LogP contribution >= 0.6 is 0 Å². The Labute approximate surface area is 155 Å². The van der Waals surface area contributed by atoms with Gasteiger partial charge in [0.25, 0.3) is 0 Å². The molecule has 1 amide bonds. The number of benzene rings is 1. The first-order chi connectivity index (χ1) is 12.4. The molecule has 0 aliphatic rings. The van der Waals surface area contributed by atoms with Crippen molar-refractivity contribution in [2.75, 3.05) is 33.7 Å². The maximum absolute atomic E-state index is 12.3. The molecule has 1 aromatic rings. The van der Waals surface area contributed by atoms with Gasteiger partial charge in [-0.3, -0.25) is 0 Å². The summed E-state index contributed by atoms with van der Waals surface area (Å²) in [6.07, 6.45) is -0.682. The van der Waals surface area contributed by atoms with Gasteiger partial charge in [0, 0.05) is 13.7 Å². The van der Waals surface area contributed by atoms with Crippen LogP contribution in [-0.2, 0) is 18.9 Å². The van der Waals surface area contributed by atoms with Crippen LogP contribution in [0.5, 0.6) is 0 Å². The molecule has 0 heterocycles. The summed E-state index contributed by atoms with van der Waals surface area (Å²) in [5, 5.41) is 12.3. The summed E-state index contributed by atoms with van der Waals surface area (Å²) in [6, 6.07) is 8.95. The van der Waals surface area contributed by atoms with Crippen molar-refractivity contribution in [3.63, 3.8) is 0 Å². The van der Waals surface area contributed by atoms with E-state index in [1.54, 1.807) is 27.9 Å². The van der Waals surface area contributed by atoms with Gasteiger partial charge in [-0.1, -0.05) is 30.3 Å². The average molecular weight is 369 g/mol. The van der Waals surface area contributed by atoms with Crippen LogP contribution in [0.1, 0.15) is 38.8 Å². The van der Waals surface area contributed by atoms with E-state index in [0.29, 0.717) is 19.6 Å². The van der Waals surface area contributed by atoms with Crippen molar-refractivity contribution in [1.82, 2.24) is 5.32 Å². The van der Waals surface area contributed by atoms with Gasteiger partial charge in [0.05, 0.1) is 25.4 Å². The number of aliphatic hydroxyl groups excluding tert-OH is 1. The van der Waals surface area contributed by atoms with Gasteiger partial charge >= 0.3 is 6.09 Å². The summed E-state index contributed by atoms with van der Waals surface area (Å²) in [6.45, 7) is 6.22. The molecule has 0 bridgehead atoms. The highest BCUT2D eigenvalue weighted by Gasteiger charge is 2.27. The Balaban J connectivity index is 2.83. The van der Waals surface area contributed by atoms with Crippen LogP contribution in [0.15, 0.2) is 30.3 Å². The van der Waals surface area contributed by atoms with Gasteiger partial charge < -0.3 is 29.4 Å². The maximum atomic E-state index is 12.3. The number of aliphatic hydroxyl groups is 1. The largest absolute Gasteiger partial charge is 0.444 e. The first kappa shape index (κ1) is 22.4. The van der Waals surface area contributed by atoms with Crippen LogP contribution in [0, 0.1) is 0 Å². The predicted molar refractivity (Wildman–Crippen MR) is 97.8 cm³/mol. The second kappa shape index (κ2) is 11.9. The van der Waals surface area contributed by atoms with E-state index in [0.717, 1.165) is 5.56 Å². The first-order valence-corrected chi connectivity index (χ1v) is 8.71. The molecule has 2 atom stereocenters. The number of rotatable bonds is 11. The number of hydrogen-bond donors (Lipinski definition) is 2. The fourth-order valence-electron chi connectivity index (χ4n) is 2.30. The number of amides is 1. The van der Waals surface area contributed by atoms with Gasteiger partial charge in [-0.05, 0) is 32.8 Å². The third kappa shape index (κ3) is 9.15. The second-order valence-electron chi connectivity index (χ2n) is 6.77. The summed E-state index contributed by atoms with van der Waals surface area (Å²) < 4.78 is 21.4. The zero-order valence-electron chi connectivity index (χ0n) is 16.1. The lowest BCUT2D eigenvalue weighted by Gasteiger charge is -2.29. The van der Waals surface area contributed by atoms with Gasteiger partial charge in [-0.25, -0.2) is 4.79 Å². The molecule has 1 aromatic carbocycles. The molecule has 0 aromatic heterocycles. The number of hydrogen-bond acceptors (Lipinski definition) is 6. The lowest BCUT2D eigenvalue weighted by Crippen LogP contribution is -2.41. The van der Waals surface area contributed by atoms with E-state index in [-0.39, 0.29) is 13.4 Å². The molecule has 1 rings (SSSR count). The minimum Gasteiger partial charge on any atom is -0.444 e. The summed E-state index contributed by atoms with van der Waals surface area (Å²) in [4.78, 5) is 12.3. The molecule has 7 heteroatoms. The quantitative estimate of drug-likeness (QED) is 0.461. The second-order valence-corrected chi connectivity index (χ2v) is 6.77. The number of nitrogens with one attached hydrogen (secondary N) is 1. The highest BCUT2D eigenvalue weighted by molar-refractivity contribution is 5.68. The van der Waals surface area contributed by atoms with Crippen molar-refractivity contribution < 1.29 is 28.8 Å². The van der Waals surface area contributed by atoms with E-state index in [2.05, 4.69) is 5.32 Å². The van der Waals surface area contributed by atoms with E-state index in [9.17, 15) is 9.90 Å². The Hall–Kier alpha value is -1.67. The molecule has 0 aliphatic carbocycles. The monoisotopic (exact) mass is 369 g/mol. The van der Waals surface area contributed by atoms with Gasteiger partial charge in [-0.15, -0.1) is 0 Å². The number of carbonyl (C=O) groups excluding carboxylic acids is 1. The van der Waals surface area contributed by atoms with E-state index < -0.39 is 23.8 Å². The molecule has 0 aliphatic heterocycles. The van der Waals surface area contributed by atoms with Gasteiger partial charge in [-0.2, -0.15) is 0 Å². The highest BCUT2D eigenvalue weighted by Crippen LogP contribution is 2.22. The highest BCUT2D eigenvalue weighted by atomic mass is 16.7.